The molecule has 0 heterocycles. The molecule has 0 aliphatic heterocycles. The van der Waals surface area contributed by atoms with Gasteiger partial charge in [-0.05, 0) is 30.9 Å². The number of benzene rings is 1. The number of thiol groups is 1. The van der Waals surface area contributed by atoms with E-state index in [0.29, 0.717) is 12.3 Å². The minimum atomic E-state index is -0.0789. The van der Waals surface area contributed by atoms with Crippen molar-refractivity contribution in [2.45, 2.75) is 33.6 Å². The van der Waals surface area contributed by atoms with Gasteiger partial charge in [-0.25, -0.2) is 0 Å². The number of aryl methyl sites for hydroxylation is 2. The van der Waals surface area contributed by atoms with Gasteiger partial charge in [-0.15, -0.1) is 0 Å². The van der Waals surface area contributed by atoms with E-state index in [2.05, 4.69) is 63.8 Å². The number of carbonyl (C=O) groups excluding carboxylic acids is 1. The minimum Gasteiger partial charge on any atom is -0.355 e. The van der Waals surface area contributed by atoms with Crippen molar-refractivity contribution in [3.8, 4) is 0 Å². The number of nitrogens with one attached hydrogen (secondary N) is 1. The fraction of sp³-hybridized carbons (Fsp3) is 0.533. The van der Waals surface area contributed by atoms with Crippen molar-refractivity contribution >= 4 is 18.5 Å². The van der Waals surface area contributed by atoms with Crippen LogP contribution in [0.15, 0.2) is 18.2 Å². The molecule has 0 spiro atoms. The molecule has 1 aromatic rings. The average molecular weight is 265 g/mol. The molecule has 1 rings (SSSR count). The van der Waals surface area contributed by atoms with Crippen LogP contribution in [0, 0.1) is 19.8 Å². The minimum absolute atomic E-state index is 0.0789. The molecule has 18 heavy (non-hydrogen) atoms. The second kappa shape index (κ2) is 6.83. The Morgan fingerprint density at radius 1 is 1.33 bits per heavy atom. The molecule has 2 nitrogen and oxygen atoms in total. The van der Waals surface area contributed by atoms with E-state index >= 15 is 0 Å². The predicted octanol–water partition coefficient (Wildman–Crippen LogP) is 3.09. The summed E-state index contributed by atoms with van der Waals surface area (Å²) in [4.78, 5) is 12.3. The number of hydrogen-bond donors (Lipinski definition) is 2. The van der Waals surface area contributed by atoms with Crippen molar-refractivity contribution in [2.24, 2.45) is 5.92 Å². The maximum absolute atomic E-state index is 12.3. The standard InChI is InChI=1S/C15H23NOS/c1-10(2)14(15(17)16-7-8-18)13-9-11(3)5-6-12(13)4/h5-6,9-10,14,18H,7-8H2,1-4H3,(H,16,17). The number of hydrogen-bond acceptors (Lipinski definition) is 2. The van der Waals surface area contributed by atoms with Gasteiger partial charge in [-0.3, -0.25) is 4.79 Å². The second-order valence-electron chi connectivity index (χ2n) is 5.10. The molecule has 1 amide bonds. The van der Waals surface area contributed by atoms with Gasteiger partial charge in [-0.1, -0.05) is 37.6 Å². The van der Waals surface area contributed by atoms with Crippen LogP contribution in [0.2, 0.25) is 0 Å². The Morgan fingerprint density at radius 2 is 2.00 bits per heavy atom. The van der Waals surface area contributed by atoms with Crippen molar-refractivity contribution in [3.05, 3.63) is 34.9 Å². The third-order valence-corrected chi connectivity index (χ3v) is 3.35. The lowest BCUT2D eigenvalue weighted by Gasteiger charge is -2.22. The van der Waals surface area contributed by atoms with Crippen LogP contribution in [0.25, 0.3) is 0 Å². The summed E-state index contributed by atoms with van der Waals surface area (Å²) in [5, 5.41) is 2.94. The van der Waals surface area contributed by atoms with E-state index in [0.717, 1.165) is 5.56 Å². The van der Waals surface area contributed by atoms with Crippen molar-refractivity contribution in [2.75, 3.05) is 12.3 Å². The SMILES string of the molecule is Cc1ccc(C)c(C(C(=O)NCCS)C(C)C)c1. The smallest absolute Gasteiger partial charge is 0.227 e. The topological polar surface area (TPSA) is 29.1 Å². The van der Waals surface area contributed by atoms with E-state index in [1.54, 1.807) is 0 Å². The van der Waals surface area contributed by atoms with Gasteiger partial charge in [0.2, 0.25) is 5.91 Å². The zero-order valence-electron chi connectivity index (χ0n) is 11.7. The first-order valence-electron chi connectivity index (χ1n) is 6.43. The van der Waals surface area contributed by atoms with E-state index in [1.807, 2.05) is 0 Å². The Bertz CT molecular complexity index is 415. The van der Waals surface area contributed by atoms with Gasteiger partial charge in [0, 0.05) is 12.3 Å². The van der Waals surface area contributed by atoms with E-state index in [-0.39, 0.29) is 17.7 Å². The number of amides is 1. The van der Waals surface area contributed by atoms with Gasteiger partial charge in [0.15, 0.2) is 0 Å². The summed E-state index contributed by atoms with van der Waals surface area (Å²) in [7, 11) is 0. The summed E-state index contributed by atoms with van der Waals surface area (Å²) >= 11 is 4.12. The Kier molecular flexibility index (Phi) is 5.73. The Morgan fingerprint density at radius 3 is 2.56 bits per heavy atom. The van der Waals surface area contributed by atoms with E-state index < -0.39 is 0 Å². The van der Waals surface area contributed by atoms with Crippen LogP contribution in [0.3, 0.4) is 0 Å². The Hall–Kier alpha value is -0.960. The van der Waals surface area contributed by atoms with Crippen molar-refractivity contribution in [1.82, 2.24) is 5.32 Å². The molecule has 0 fully saturated rings. The Labute approximate surface area is 116 Å². The quantitative estimate of drug-likeness (QED) is 0.787. The lowest BCUT2D eigenvalue weighted by atomic mass is 9.84. The summed E-state index contributed by atoms with van der Waals surface area (Å²) in [5.74, 6) is 0.978. The van der Waals surface area contributed by atoms with Crippen LogP contribution in [0.5, 0.6) is 0 Å². The van der Waals surface area contributed by atoms with Gasteiger partial charge in [-0.2, -0.15) is 12.6 Å². The molecular formula is C15H23NOS. The lowest BCUT2D eigenvalue weighted by molar-refractivity contribution is -0.123. The van der Waals surface area contributed by atoms with Crippen LogP contribution in [0.4, 0.5) is 0 Å². The molecule has 0 aliphatic carbocycles. The molecule has 1 aromatic carbocycles. The van der Waals surface area contributed by atoms with E-state index in [4.69, 9.17) is 0 Å². The van der Waals surface area contributed by atoms with Crippen LogP contribution >= 0.6 is 12.6 Å². The molecule has 0 saturated carbocycles. The second-order valence-corrected chi connectivity index (χ2v) is 5.54. The van der Waals surface area contributed by atoms with Gasteiger partial charge in [0.05, 0.1) is 5.92 Å². The summed E-state index contributed by atoms with van der Waals surface area (Å²) < 4.78 is 0. The largest absolute Gasteiger partial charge is 0.355 e. The van der Waals surface area contributed by atoms with Crippen LogP contribution in [-0.4, -0.2) is 18.2 Å². The van der Waals surface area contributed by atoms with Gasteiger partial charge in [0.1, 0.15) is 0 Å². The fourth-order valence-electron chi connectivity index (χ4n) is 2.19. The van der Waals surface area contributed by atoms with Gasteiger partial charge >= 0.3 is 0 Å². The maximum Gasteiger partial charge on any atom is 0.227 e. The highest BCUT2D eigenvalue weighted by molar-refractivity contribution is 7.80. The predicted molar refractivity (Wildman–Crippen MR) is 80.4 cm³/mol. The fourth-order valence-corrected chi connectivity index (χ4v) is 2.30. The van der Waals surface area contributed by atoms with Gasteiger partial charge in [0.25, 0.3) is 0 Å². The summed E-state index contributed by atoms with van der Waals surface area (Å²) in [6.45, 7) is 8.93. The molecule has 0 radical (unpaired) electrons. The van der Waals surface area contributed by atoms with E-state index in [9.17, 15) is 4.79 Å². The summed E-state index contributed by atoms with van der Waals surface area (Å²) in [6, 6.07) is 6.30. The molecule has 1 atom stereocenters. The molecule has 0 saturated heterocycles. The van der Waals surface area contributed by atoms with Crippen LogP contribution in [0.1, 0.15) is 36.5 Å². The molecule has 1 unspecified atom stereocenters. The molecule has 0 aliphatic rings. The highest BCUT2D eigenvalue weighted by atomic mass is 32.1. The van der Waals surface area contributed by atoms with Crippen LogP contribution in [-0.2, 0) is 4.79 Å². The molecule has 100 valence electrons. The molecule has 1 N–H and O–H groups in total. The molecule has 3 heteroatoms. The Balaban J connectivity index is 3.04. The number of rotatable bonds is 5. The first kappa shape index (κ1) is 15.1. The highest BCUT2D eigenvalue weighted by Crippen LogP contribution is 2.28. The maximum atomic E-state index is 12.3. The van der Waals surface area contributed by atoms with Crippen molar-refractivity contribution < 1.29 is 4.79 Å². The first-order chi connectivity index (χ1) is 8.47. The zero-order valence-corrected chi connectivity index (χ0v) is 12.6. The monoisotopic (exact) mass is 265 g/mol. The van der Waals surface area contributed by atoms with Crippen molar-refractivity contribution in [1.29, 1.82) is 0 Å². The van der Waals surface area contributed by atoms with E-state index in [1.165, 1.54) is 11.1 Å². The number of carbonyl (C=O) groups is 1. The average Bonchev–Trinajstić information content (AvgIpc) is 2.30. The molecular weight excluding hydrogens is 242 g/mol. The van der Waals surface area contributed by atoms with Gasteiger partial charge < -0.3 is 5.32 Å². The van der Waals surface area contributed by atoms with Crippen LogP contribution < -0.4 is 5.32 Å². The third-order valence-electron chi connectivity index (χ3n) is 3.13. The summed E-state index contributed by atoms with van der Waals surface area (Å²) in [5.41, 5.74) is 3.52. The normalized spacial score (nSPS) is 12.6. The zero-order chi connectivity index (χ0) is 13.7. The molecule has 0 bridgehead atoms. The summed E-state index contributed by atoms with van der Waals surface area (Å²) in [6.07, 6.45) is 0. The third kappa shape index (κ3) is 3.77. The highest BCUT2D eigenvalue weighted by Gasteiger charge is 2.25. The molecule has 0 aromatic heterocycles. The van der Waals surface area contributed by atoms with Crippen molar-refractivity contribution in [3.63, 3.8) is 0 Å². The lowest BCUT2D eigenvalue weighted by Crippen LogP contribution is -2.33. The first-order valence-corrected chi connectivity index (χ1v) is 7.06.